The van der Waals surface area contributed by atoms with Crippen LogP contribution in [0.25, 0.3) is 5.57 Å². The SMILES string of the molecule is C=C(C)c1ccc(CN(C2(CO)CCCCC2)S(=O)(=O)c2ccc(Cl)cc2)cc1. The number of aliphatic hydroxyl groups excluding tert-OH is 1. The van der Waals surface area contributed by atoms with E-state index in [2.05, 4.69) is 6.58 Å². The van der Waals surface area contributed by atoms with E-state index in [0.717, 1.165) is 36.0 Å². The number of halogens is 1. The molecule has 2 aromatic carbocycles. The first-order chi connectivity index (χ1) is 13.8. The van der Waals surface area contributed by atoms with Crippen molar-refractivity contribution in [2.24, 2.45) is 0 Å². The van der Waals surface area contributed by atoms with E-state index in [-0.39, 0.29) is 18.0 Å². The van der Waals surface area contributed by atoms with Crippen LogP contribution in [0.15, 0.2) is 60.0 Å². The number of sulfonamides is 1. The highest BCUT2D eigenvalue weighted by atomic mass is 35.5. The Morgan fingerprint density at radius 2 is 1.66 bits per heavy atom. The topological polar surface area (TPSA) is 57.6 Å². The van der Waals surface area contributed by atoms with Crippen LogP contribution in [0.1, 0.15) is 50.2 Å². The third kappa shape index (κ3) is 4.75. The van der Waals surface area contributed by atoms with Crippen molar-refractivity contribution in [2.45, 2.75) is 56.0 Å². The summed E-state index contributed by atoms with van der Waals surface area (Å²) in [6.07, 6.45) is 4.17. The zero-order chi connectivity index (χ0) is 21.1. The van der Waals surface area contributed by atoms with Crippen molar-refractivity contribution in [1.29, 1.82) is 0 Å². The summed E-state index contributed by atoms with van der Waals surface area (Å²) in [5, 5.41) is 10.8. The van der Waals surface area contributed by atoms with Crippen molar-refractivity contribution in [3.05, 3.63) is 71.3 Å². The summed E-state index contributed by atoms with van der Waals surface area (Å²) < 4.78 is 28.8. The predicted octanol–water partition coefficient (Wildman–Crippen LogP) is 5.26. The zero-order valence-electron chi connectivity index (χ0n) is 16.8. The standard InChI is InChI=1S/C23H28ClNO3S/c1-18(2)20-8-6-19(7-9-20)16-25(23(17-26)14-4-3-5-15-23)29(27,28)22-12-10-21(24)11-13-22/h6-13,26H,1,3-5,14-17H2,2H3. The highest BCUT2D eigenvalue weighted by molar-refractivity contribution is 7.89. The fourth-order valence-electron chi connectivity index (χ4n) is 4.00. The van der Waals surface area contributed by atoms with Gasteiger partial charge in [-0.15, -0.1) is 0 Å². The van der Waals surface area contributed by atoms with Gasteiger partial charge in [0.15, 0.2) is 0 Å². The molecule has 0 radical (unpaired) electrons. The molecular weight excluding hydrogens is 406 g/mol. The van der Waals surface area contributed by atoms with Crippen LogP contribution in [0.5, 0.6) is 0 Å². The van der Waals surface area contributed by atoms with Gasteiger partial charge in [-0.3, -0.25) is 0 Å². The number of nitrogens with zero attached hydrogens (tertiary/aromatic N) is 1. The van der Waals surface area contributed by atoms with Crippen LogP contribution in [-0.4, -0.2) is 30.0 Å². The molecule has 0 saturated heterocycles. The molecule has 0 spiro atoms. The Balaban J connectivity index is 2.03. The third-order valence-electron chi connectivity index (χ3n) is 5.78. The minimum atomic E-state index is -3.82. The lowest BCUT2D eigenvalue weighted by Crippen LogP contribution is -2.54. The summed E-state index contributed by atoms with van der Waals surface area (Å²) in [5.74, 6) is 0. The van der Waals surface area contributed by atoms with Gasteiger partial charge in [0.2, 0.25) is 10.0 Å². The highest BCUT2D eigenvalue weighted by Gasteiger charge is 2.44. The van der Waals surface area contributed by atoms with Gasteiger partial charge in [0, 0.05) is 11.6 Å². The van der Waals surface area contributed by atoms with Crippen molar-refractivity contribution in [2.75, 3.05) is 6.61 Å². The second-order valence-electron chi connectivity index (χ2n) is 7.89. The van der Waals surface area contributed by atoms with Crippen LogP contribution in [0.3, 0.4) is 0 Å². The number of allylic oxidation sites excluding steroid dienone is 1. The molecule has 0 amide bonds. The van der Waals surface area contributed by atoms with E-state index in [1.807, 2.05) is 31.2 Å². The van der Waals surface area contributed by atoms with Gasteiger partial charge < -0.3 is 5.11 Å². The molecule has 1 fully saturated rings. The molecule has 6 heteroatoms. The zero-order valence-corrected chi connectivity index (χ0v) is 18.3. The molecule has 1 aliphatic rings. The maximum atomic E-state index is 13.6. The molecule has 4 nitrogen and oxygen atoms in total. The normalized spacial score (nSPS) is 16.7. The predicted molar refractivity (Wildman–Crippen MR) is 118 cm³/mol. The van der Waals surface area contributed by atoms with Gasteiger partial charge in [-0.2, -0.15) is 4.31 Å². The highest BCUT2D eigenvalue weighted by Crippen LogP contribution is 2.38. The molecule has 1 aliphatic carbocycles. The maximum absolute atomic E-state index is 13.6. The van der Waals surface area contributed by atoms with Gasteiger partial charge in [-0.05, 0) is 55.2 Å². The molecule has 0 aliphatic heterocycles. The quantitative estimate of drug-likeness (QED) is 0.647. The van der Waals surface area contributed by atoms with Crippen molar-refractivity contribution < 1.29 is 13.5 Å². The summed E-state index contributed by atoms with van der Waals surface area (Å²) in [6.45, 7) is 5.91. The smallest absolute Gasteiger partial charge is 0.243 e. The summed E-state index contributed by atoms with van der Waals surface area (Å²) in [6, 6.07) is 14.0. The Morgan fingerprint density at radius 1 is 1.07 bits per heavy atom. The van der Waals surface area contributed by atoms with Crippen LogP contribution in [0.2, 0.25) is 5.02 Å². The van der Waals surface area contributed by atoms with Gasteiger partial charge in [0.05, 0.1) is 17.0 Å². The molecule has 1 N–H and O–H groups in total. The maximum Gasteiger partial charge on any atom is 0.243 e. The van der Waals surface area contributed by atoms with Crippen LogP contribution in [-0.2, 0) is 16.6 Å². The van der Waals surface area contributed by atoms with E-state index >= 15 is 0 Å². The molecule has 0 heterocycles. The number of aliphatic hydroxyl groups is 1. The monoisotopic (exact) mass is 433 g/mol. The van der Waals surface area contributed by atoms with Gasteiger partial charge in [-0.1, -0.05) is 67.3 Å². The molecule has 29 heavy (non-hydrogen) atoms. The fourth-order valence-corrected chi connectivity index (χ4v) is 5.93. The Hall–Kier alpha value is -1.66. The van der Waals surface area contributed by atoms with E-state index in [1.165, 1.54) is 16.4 Å². The van der Waals surface area contributed by atoms with Crippen molar-refractivity contribution in [3.63, 3.8) is 0 Å². The average molecular weight is 434 g/mol. The lowest BCUT2D eigenvalue weighted by atomic mass is 9.82. The Labute approximate surface area is 178 Å². The number of hydrogen-bond donors (Lipinski definition) is 1. The minimum Gasteiger partial charge on any atom is -0.394 e. The van der Waals surface area contributed by atoms with E-state index in [4.69, 9.17) is 11.6 Å². The first-order valence-corrected chi connectivity index (χ1v) is 11.7. The molecule has 156 valence electrons. The first kappa shape index (κ1) is 22.0. The summed E-state index contributed by atoms with van der Waals surface area (Å²) in [4.78, 5) is 0.193. The second-order valence-corrected chi connectivity index (χ2v) is 10.2. The third-order valence-corrected chi connectivity index (χ3v) is 8.00. The molecule has 2 aromatic rings. The molecule has 1 saturated carbocycles. The Bertz CT molecular complexity index is 947. The summed E-state index contributed by atoms with van der Waals surface area (Å²) in [5.41, 5.74) is 2.08. The second kappa shape index (κ2) is 9.00. The van der Waals surface area contributed by atoms with Gasteiger partial charge in [-0.25, -0.2) is 8.42 Å². The minimum absolute atomic E-state index is 0.191. The van der Waals surface area contributed by atoms with Crippen molar-refractivity contribution in [3.8, 4) is 0 Å². The van der Waals surface area contributed by atoms with Crippen LogP contribution < -0.4 is 0 Å². The van der Waals surface area contributed by atoms with Crippen molar-refractivity contribution >= 4 is 27.2 Å². The molecule has 0 aromatic heterocycles. The number of hydrogen-bond acceptors (Lipinski definition) is 3. The molecule has 3 rings (SSSR count). The molecule has 0 atom stereocenters. The van der Waals surface area contributed by atoms with Gasteiger partial charge in [0.25, 0.3) is 0 Å². The van der Waals surface area contributed by atoms with Crippen LogP contribution in [0, 0.1) is 0 Å². The summed E-state index contributed by atoms with van der Waals surface area (Å²) >= 11 is 5.96. The number of rotatable bonds is 7. The van der Waals surface area contributed by atoms with E-state index in [9.17, 15) is 13.5 Å². The Morgan fingerprint density at radius 3 is 2.17 bits per heavy atom. The Kier molecular flexibility index (Phi) is 6.84. The lowest BCUT2D eigenvalue weighted by molar-refractivity contribution is 0.0519. The van der Waals surface area contributed by atoms with Crippen molar-refractivity contribution in [1.82, 2.24) is 4.31 Å². The van der Waals surface area contributed by atoms with E-state index in [0.29, 0.717) is 17.9 Å². The fraction of sp³-hybridized carbons (Fsp3) is 0.391. The average Bonchev–Trinajstić information content (AvgIpc) is 2.73. The molecular formula is C23H28ClNO3S. The first-order valence-electron chi connectivity index (χ1n) is 9.93. The van der Waals surface area contributed by atoms with Gasteiger partial charge >= 0.3 is 0 Å². The van der Waals surface area contributed by atoms with Crippen LogP contribution in [0.4, 0.5) is 0 Å². The number of benzene rings is 2. The van der Waals surface area contributed by atoms with E-state index < -0.39 is 15.6 Å². The molecule has 0 bridgehead atoms. The largest absolute Gasteiger partial charge is 0.394 e. The lowest BCUT2D eigenvalue weighted by Gasteiger charge is -2.44. The van der Waals surface area contributed by atoms with Crippen LogP contribution >= 0.6 is 11.6 Å². The summed E-state index contributed by atoms with van der Waals surface area (Å²) in [7, 11) is -3.82. The van der Waals surface area contributed by atoms with E-state index in [1.54, 1.807) is 12.1 Å². The van der Waals surface area contributed by atoms with Gasteiger partial charge in [0.1, 0.15) is 0 Å². The molecule has 0 unspecified atom stereocenters.